The molecule has 0 saturated carbocycles. The molecular weight excluding hydrogens is 360 g/mol. The Morgan fingerprint density at radius 1 is 1.00 bits per heavy atom. The summed E-state index contributed by atoms with van der Waals surface area (Å²) < 4.78 is 1.52. The van der Waals surface area contributed by atoms with Gasteiger partial charge in [-0.1, -0.05) is 36.0 Å². The summed E-state index contributed by atoms with van der Waals surface area (Å²) in [5, 5.41) is 14.7. The minimum atomic E-state index is -0.226. The fraction of sp³-hybridized carbons (Fsp3) is 0. The Kier molecular flexibility index (Phi) is 4.88. The summed E-state index contributed by atoms with van der Waals surface area (Å²) in [7, 11) is 0. The fourth-order valence-electron chi connectivity index (χ4n) is 2.45. The first-order valence-electron chi connectivity index (χ1n) is 8.12. The number of nitrogens with zero attached hydrogens (tertiary/aromatic N) is 5. The molecular formula is C19H14N6OS. The number of anilines is 1. The molecule has 0 fully saturated rings. The molecule has 0 radical (unpaired) electrons. The number of pyridine rings is 1. The van der Waals surface area contributed by atoms with Crippen molar-refractivity contribution in [1.82, 2.24) is 25.2 Å². The Balaban J connectivity index is 1.56. The molecule has 0 unspecified atom stereocenters. The SMILES string of the molecule is O=C(Nc1cccc(-n2cnnn2)c1)c1cccnc1Sc1ccccc1. The minimum Gasteiger partial charge on any atom is -0.322 e. The van der Waals surface area contributed by atoms with Gasteiger partial charge in [-0.25, -0.2) is 9.67 Å². The molecule has 2 aromatic heterocycles. The lowest BCUT2D eigenvalue weighted by molar-refractivity contribution is 0.102. The van der Waals surface area contributed by atoms with E-state index in [1.165, 1.54) is 22.8 Å². The molecule has 2 heterocycles. The Morgan fingerprint density at radius 2 is 1.89 bits per heavy atom. The van der Waals surface area contributed by atoms with Crippen molar-refractivity contribution in [3.63, 3.8) is 0 Å². The standard InChI is InChI=1S/C19H14N6OS/c26-18(22-14-6-4-7-15(12-14)25-13-21-23-24-25)17-10-5-11-20-19(17)27-16-8-2-1-3-9-16/h1-13H,(H,22,26). The third kappa shape index (κ3) is 4.01. The summed E-state index contributed by atoms with van der Waals surface area (Å²) >= 11 is 1.45. The Bertz CT molecular complexity index is 1050. The van der Waals surface area contributed by atoms with E-state index < -0.39 is 0 Å². The van der Waals surface area contributed by atoms with Gasteiger partial charge in [-0.2, -0.15) is 0 Å². The van der Waals surface area contributed by atoms with Crippen LogP contribution in [0.1, 0.15) is 10.4 Å². The molecule has 0 spiro atoms. The molecule has 1 amide bonds. The molecule has 132 valence electrons. The van der Waals surface area contributed by atoms with Gasteiger partial charge in [0.15, 0.2) is 0 Å². The third-order valence-corrected chi connectivity index (χ3v) is 4.72. The number of carbonyl (C=O) groups excluding carboxylic acids is 1. The molecule has 8 heteroatoms. The van der Waals surface area contributed by atoms with Gasteiger partial charge in [0.1, 0.15) is 11.4 Å². The molecule has 1 N–H and O–H groups in total. The lowest BCUT2D eigenvalue weighted by Crippen LogP contribution is -2.13. The van der Waals surface area contributed by atoms with Crippen molar-refractivity contribution < 1.29 is 4.79 Å². The topological polar surface area (TPSA) is 85.6 Å². The number of hydrogen-bond donors (Lipinski definition) is 1. The smallest absolute Gasteiger partial charge is 0.258 e. The molecule has 4 aromatic rings. The van der Waals surface area contributed by atoms with E-state index in [-0.39, 0.29) is 5.91 Å². The summed E-state index contributed by atoms with van der Waals surface area (Å²) in [5.74, 6) is -0.226. The van der Waals surface area contributed by atoms with E-state index >= 15 is 0 Å². The number of rotatable bonds is 5. The Morgan fingerprint density at radius 3 is 2.70 bits per heavy atom. The molecule has 2 aromatic carbocycles. The average Bonchev–Trinajstić information content (AvgIpc) is 3.24. The van der Waals surface area contributed by atoms with Crippen LogP contribution in [-0.2, 0) is 0 Å². The van der Waals surface area contributed by atoms with Crippen LogP contribution in [0.2, 0.25) is 0 Å². The van der Waals surface area contributed by atoms with Crippen molar-refractivity contribution in [2.45, 2.75) is 9.92 Å². The molecule has 0 aliphatic heterocycles. The van der Waals surface area contributed by atoms with E-state index in [1.54, 1.807) is 24.4 Å². The Hall–Kier alpha value is -3.52. The molecule has 7 nitrogen and oxygen atoms in total. The van der Waals surface area contributed by atoms with Crippen molar-refractivity contribution in [2.24, 2.45) is 0 Å². The van der Waals surface area contributed by atoms with E-state index in [2.05, 4.69) is 25.8 Å². The van der Waals surface area contributed by atoms with Gasteiger partial charge < -0.3 is 5.32 Å². The third-order valence-electron chi connectivity index (χ3n) is 3.69. The molecule has 0 saturated heterocycles. The summed E-state index contributed by atoms with van der Waals surface area (Å²) in [6, 6.07) is 20.6. The van der Waals surface area contributed by atoms with Crippen LogP contribution in [0.5, 0.6) is 0 Å². The van der Waals surface area contributed by atoms with E-state index in [0.717, 1.165) is 10.6 Å². The fourth-order valence-corrected chi connectivity index (χ4v) is 3.35. The van der Waals surface area contributed by atoms with Gasteiger partial charge in [-0.3, -0.25) is 4.79 Å². The number of benzene rings is 2. The largest absolute Gasteiger partial charge is 0.322 e. The number of aromatic nitrogens is 5. The highest BCUT2D eigenvalue weighted by Gasteiger charge is 2.14. The first kappa shape index (κ1) is 16.9. The van der Waals surface area contributed by atoms with Gasteiger partial charge in [0.25, 0.3) is 5.91 Å². The maximum Gasteiger partial charge on any atom is 0.258 e. The van der Waals surface area contributed by atoms with Crippen molar-refractivity contribution in [2.75, 3.05) is 5.32 Å². The number of amides is 1. The Labute approximate surface area is 159 Å². The van der Waals surface area contributed by atoms with E-state index in [1.807, 2.05) is 48.5 Å². The zero-order valence-corrected chi connectivity index (χ0v) is 14.9. The molecule has 27 heavy (non-hydrogen) atoms. The van der Waals surface area contributed by atoms with Gasteiger partial charge in [0.2, 0.25) is 0 Å². The highest BCUT2D eigenvalue weighted by atomic mass is 32.2. The average molecular weight is 374 g/mol. The van der Waals surface area contributed by atoms with Crippen molar-refractivity contribution in [1.29, 1.82) is 0 Å². The van der Waals surface area contributed by atoms with Crippen LogP contribution >= 0.6 is 11.8 Å². The van der Waals surface area contributed by atoms with Gasteiger partial charge in [-0.15, -0.1) is 5.10 Å². The van der Waals surface area contributed by atoms with Crippen LogP contribution < -0.4 is 5.32 Å². The second-order valence-electron chi connectivity index (χ2n) is 5.53. The zero-order valence-electron chi connectivity index (χ0n) is 14.1. The maximum atomic E-state index is 12.8. The molecule has 0 aliphatic rings. The van der Waals surface area contributed by atoms with Crippen molar-refractivity contribution >= 4 is 23.4 Å². The van der Waals surface area contributed by atoms with Gasteiger partial charge in [0.05, 0.1) is 11.3 Å². The van der Waals surface area contributed by atoms with Gasteiger partial charge in [-0.05, 0) is 52.9 Å². The van der Waals surface area contributed by atoms with Crippen molar-refractivity contribution in [3.8, 4) is 5.69 Å². The first-order valence-corrected chi connectivity index (χ1v) is 8.94. The normalized spacial score (nSPS) is 10.5. The first-order chi connectivity index (χ1) is 13.3. The van der Waals surface area contributed by atoms with E-state index in [0.29, 0.717) is 16.3 Å². The zero-order chi connectivity index (χ0) is 18.5. The highest BCUT2D eigenvalue weighted by molar-refractivity contribution is 7.99. The quantitative estimate of drug-likeness (QED) is 0.576. The highest BCUT2D eigenvalue weighted by Crippen LogP contribution is 2.28. The van der Waals surface area contributed by atoms with Crippen LogP contribution in [-0.4, -0.2) is 31.1 Å². The second kappa shape index (κ2) is 7.79. The predicted molar refractivity (Wildman–Crippen MR) is 102 cm³/mol. The van der Waals surface area contributed by atoms with Crippen LogP contribution in [0.25, 0.3) is 5.69 Å². The number of nitrogens with one attached hydrogen (secondary N) is 1. The number of tetrazole rings is 1. The van der Waals surface area contributed by atoms with Crippen molar-refractivity contribution in [3.05, 3.63) is 84.8 Å². The second-order valence-corrected chi connectivity index (χ2v) is 6.59. The van der Waals surface area contributed by atoms with Crippen LogP contribution in [0.15, 0.2) is 89.2 Å². The molecule has 0 bridgehead atoms. The predicted octanol–water partition coefficient (Wildman–Crippen LogP) is 3.46. The lowest BCUT2D eigenvalue weighted by atomic mass is 10.2. The molecule has 0 aliphatic carbocycles. The van der Waals surface area contributed by atoms with Crippen LogP contribution in [0.4, 0.5) is 5.69 Å². The summed E-state index contributed by atoms with van der Waals surface area (Å²) in [6.45, 7) is 0. The van der Waals surface area contributed by atoms with E-state index in [9.17, 15) is 4.79 Å². The van der Waals surface area contributed by atoms with Crippen LogP contribution in [0.3, 0.4) is 0 Å². The molecule has 4 rings (SSSR count). The number of carbonyl (C=O) groups is 1. The summed E-state index contributed by atoms with van der Waals surface area (Å²) in [6.07, 6.45) is 3.18. The monoisotopic (exact) mass is 374 g/mol. The minimum absolute atomic E-state index is 0.226. The van der Waals surface area contributed by atoms with Gasteiger partial charge >= 0.3 is 0 Å². The van der Waals surface area contributed by atoms with Gasteiger partial charge in [0, 0.05) is 16.8 Å². The summed E-state index contributed by atoms with van der Waals surface area (Å²) in [5.41, 5.74) is 1.91. The summed E-state index contributed by atoms with van der Waals surface area (Å²) in [4.78, 5) is 18.2. The lowest BCUT2D eigenvalue weighted by Gasteiger charge is -2.10. The maximum absolute atomic E-state index is 12.8. The number of hydrogen-bond acceptors (Lipinski definition) is 6. The van der Waals surface area contributed by atoms with E-state index in [4.69, 9.17) is 0 Å². The van der Waals surface area contributed by atoms with Crippen LogP contribution in [0, 0.1) is 0 Å². The molecule has 0 atom stereocenters.